The van der Waals surface area contributed by atoms with Crippen molar-refractivity contribution in [3.05, 3.63) is 76.8 Å². The van der Waals surface area contributed by atoms with E-state index in [-0.39, 0.29) is 5.91 Å². The first-order valence-corrected chi connectivity index (χ1v) is 8.93. The fraction of sp³-hybridized carbons (Fsp3) is 0.200. The molecule has 25 heavy (non-hydrogen) atoms. The third-order valence-corrected chi connectivity index (χ3v) is 5.24. The summed E-state index contributed by atoms with van der Waals surface area (Å²) in [6.45, 7) is 2.48. The van der Waals surface area contributed by atoms with Gasteiger partial charge < -0.3 is 9.80 Å². The summed E-state index contributed by atoms with van der Waals surface area (Å²) in [5, 5.41) is 0.820. The SMILES string of the molecule is Cc1nc(N(C)c2ccccc2)sc1C(=O)N(C)Cc1ccccc1. The summed E-state index contributed by atoms with van der Waals surface area (Å²) in [6, 6.07) is 20.0. The number of hydrogen-bond acceptors (Lipinski definition) is 4. The number of thiazole rings is 1. The van der Waals surface area contributed by atoms with Gasteiger partial charge in [0.15, 0.2) is 5.13 Å². The van der Waals surface area contributed by atoms with Crippen LogP contribution in [0.2, 0.25) is 0 Å². The van der Waals surface area contributed by atoms with Gasteiger partial charge in [-0.05, 0) is 24.6 Å². The van der Waals surface area contributed by atoms with E-state index in [2.05, 4.69) is 4.98 Å². The van der Waals surface area contributed by atoms with Crippen LogP contribution in [0, 0.1) is 6.92 Å². The molecule has 0 N–H and O–H groups in total. The Bertz CT molecular complexity index is 846. The summed E-state index contributed by atoms with van der Waals surface area (Å²) in [5.41, 5.74) is 2.93. The molecule has 0 aliphatic carbocycles. The monoisotopic (exact) mass is 351 g/mol. The quantitative estimate of drug-likeness (QED) is 0.679. The maximum absolute atomic E-state index is 12.8. The van der Waals surface area contributed by atoms with Gasteiger partial charge in [0.05, 0.1) is 5.69 Å². The summed E-state index contributed by atoms with van der Waals surface area (Å²) in [4.78, 5) is 21.8. The van der Waals surface area contributed by atoms with E-state index in [0.29, 0.717) is 11.4 Å². The average Bonchev–Trinajstić information content (AvgIpc) is 3.03. The van der Waals surface area contributed by atoms with Gasteiger partial charge in [0, 0.05) is 26.3 Å². The predicted molar refractivity (Wildman–Crippen MR) is 104 cm³/mol. The van der Waals surface area contributed by atoms with Gasteiger partial charge >= 0.3 is 0 Å². The van der Waals surface area contributed by atoms with Crippen LogP contribution in [0.4, 0.5) is 10.8 Å². The molecule has 5 heteroatoms. The molecule has 0 saturated heterocycles. The van der Waals surface area contributed by atoms with E-state index >= 15 is 0 Å². The van der Waals surface area contributed by atoms with Gasteiger partial charge in [0.1, 0.15) is 4.88 Å². The predicted octanol–water partition coefficient (Wildman–Crippen LogP) is 4.49. The topological polar surface area (TPSA) is 36.4 Å². The van der Waals surface area contributed by atoms with Crippen molar-refractivity contribution in [1.29, 1.82) is 0 Å². The fourth-order valence-electron chi connectivity index (χ4n) is 2.59. The molecule has 0 radical (unpaired) electrons. The van der Waals surface area contributed by atoms with E-state index in [0.717, 1.165) is 22.1 Å². The molecule has 1 heterocycles. The van der Waals surface area contributed by atoms with E-state index < -0.39 is 0 Å². The molecule has 1 aromatic heterocycles. The highest BCUT2D eigenvalue weighted by Gasteiger charge is 2.21. The number of amides is 1. The maximum atomic E-state index is 12.8. The number of para-hydroxylation sites is 1. The van der Waals surface area contributed by atoms with E-state index in [1.807, 2.05) is 86.6 Å². The summed E-state index contributed by atoms with van der Waals surface area (Å²) in [5.74, 6) is 0.00608. The molecule has 0 unspecified atom stereocenters. The number of rotatable bonds is 5. The Balaban J connectivity index is 1.78. The van der Waals surface area contributed by atoms with Crippen LogP contribution in [-0.4, -0.2) is 29.9 Å². The van der Waals surface area contributed by atoms with Crippen LogP contribution in [0.1, 0.15) is 20.9 Å². The Kier molecular flexibility index (Phi) is 5.14. The first-order valence-electron chi connectivity index (χ1n) is 8.12. The molecule has 0 aliphatic rings. The van der Waals surface area contributed by atoms with Crippen LogP contribution < -0.4 is 4.90 Å². The second-order valence-electron chi connectivity index (χ2n) is 5.95. The first-order chi connectivity index (χ1) is 12.1. The summed E-state index contributed by atoms with van der Waals surface area (Å²) in [7, 11) is 3.80. The van der Waals surface area contributed by atoms with Crippen molar-refractivity contribution in [2.75, 3.05) is 19.0 Å². The van der Waals surface area contributed by atoms with Crippen molar-refractivity contribution in [1.82, 2.24) is 9.88 Å². The van der Waals surface area contributed by atoms with Crippen LogP contribution in [0.3, 0.4) is 0 Å². The number of nitrogens with zero attached hydrogens (tertiary/aromatic N) is 3. The molecule has 0 saturated carbocycles. The van der Waals surface area contributed by atoms with Gasteiger partial charge in [-0.3, -0.25) is 4.79 Å². The lowest BCUT2D eigenvalue weighted by Crippen LogP contribution is -2.26. The van der Waals surface area contributed by atoms with Crippen LogP contribution in [0.25, 0.3) is 0 Å². The summed E-state index contributed by atoms with van der Waals surface area (Å²) < 4.78 is 0. The van der Waals surface area contributed by atoms with Crippen molar-refractivity contribution < 1.29 is 4.79 Å². The molecular weight excluding hydrogens is 330 g/mol. The second kappa shape index (κ2) is 7.49. The zero-order chi connectivity index (χ0) is 17.8. The van der Waals surface area contributed by atoms with Crippen LogP contribution in [0.15, 0.2) is 60.7 Å². The Hall–Kier alpha value is -2.66. The molecule has 0 atom stereocenters. The number of carbonyl (C=O) groups excluding carboxylic acids is 1. The lowest BCUT2D eigenvalue weighted by molar-refractivity contribution is 0.0789. The van der Waals surface area contributed by atoms with Crippen molar-refractivity contribution in [3.63, 3.8) is 0 Å². The van der Waals surface area contributed by atoms with E-state index in [1.54, 1.807) is 4.90 Å². The van der Waals surface area contributed by atoms with Gasteiger partial charge in [0.2, 0.25) is 0 Å². The van der Waals surface area contributed by atoms with Gasteiger partial charge in [-0.25, -0.2) is 4.98 Å². The average molecular weight is 351 g/mol. The molecule has 128 valence electrons. The lowest BCUT2D eigenvalue weighted by Gasteiger charge is -2.17. The smallest absolute Gasteiger partial charge is 0.265 e. The highest BCUT2D eigenvalue weighted by Crippen LogP contribution is 2.31. The third-order valence-electron chi connectivity index (χ3n) is 4.02. The molecule has 3 aromatic rings. The van der Waals surface area contributed by atoms with Crippen LogP contribution in [-0.2, 0) is 6.54 Å². The van der Waals surface area contributed by atoms with Gasteiger partial charge in [-0.1, -0.05) is 59.9 Å². The number of hydrogen-bond donors (Lipinski definition) is 0. The third kappa shape index (κ3) is 3.88. The molecule has 0 fully saturated rings. The Morgan fingerprint density at radius 2 is 1.60 bits per heavy atom. The molecular formula is C20H21N3OS. The highest BCUT2D eigenvalue weighted by molar-refractivity contribution is 7.17. The Labute approximate surface area is 152 Å². The molecule has 2 aromatic carbocycles. The van der Waals surface area contributed by atoms with Gasteiger partial charge in [-0.2, -0.15) is 0 Å². The van der Waals surface area contributed by atoms with E-state index in [4.69, 9.17) is 0 Å². The van der Waals surface area contributed by atoms with Crippen LogP contribution >= 0.6 is 11.3 Å². The first kappa shape index (κ1) is 17.2. The minimum atomic E-state index is 0.00608. The Morgan fingerprint density at radius 1 is 1.00 bits per heavy atom. The maximum Gasteiger partial charge on any atom is 0.265 e. The standard InChI is InChI=1S/C20H21N3OS/c1-15-18(19(24)22(2)14-16-10-6-4-7-11-16)25-20(21-15)23(3)17-12-8-5-9-13-17/h4-13H,14H2,1-3H3. The van der Waals surface area contributed by atoms with Crippen molar-refractivity contribution in [3.8, 4) is 0 Å². The van der Waals surface area contributed by atoms with Gasteiger partial charge in [-0.15, -0.1) is 0 Å². The van der Waals surface area contributed by atoms with E-state index in [1.165, 1.54) is 11.3 Å². The number of aromatic nitrogens is 1. The molecule has 0 bridgehead atoms. The van der Waals surface area contributed by atoms with Crippen molar-refractivity contribution in [2.24, 2.45) is 0 Å². The highest BCUT2D eigenvalue weighted by atomic mass is 32.1. The zero-order valence-corrected chi connectivity index (χ0v) is 15.5. The van der Waals surface area contributed by atoms with Crippen molar-refractivity contribution in [2.45, 2.75) is 13.5 Å². The number of anilines is 2. The zero-order valence-electron chi connectivity index (χ0n) is 14.6. The molecule has 3 rings (SSSR count). The summed E-state index contributed by atoms with van der Waals surface area (Å²) >= 11 is 1.43. The number of benzene rings is 2. The van der Waals surface area contributed by atoms with Crippen molar-refractivity contribution >= 4 is 28.1 Å². The lowest BCUT2D eigenvalue weighted by atomic mass is 10.2. The molecule has 4 nitrogen and oxygen atoms in total. The minimum absolute atomic E-state index is 0.00608. The Morgan fingerprint density at radius 3 is 2.24 bits per heavy atom. The second-order valence-corrected chi connectivity index (χ2v) is 6.93. The summed E-state index contributed by atoms with van der Waals surface area (Å²) in [6.07, 6.45) is 0. The largest absolute Gasteiger partial charge is 0.337 e. The number of carbonyl (C=O) groups is 1. The molecule has 0 aliphatic heterocycles. The van der Waals surface area contributed by atoms with E-state index in [9.17, 15) is 4.79 Å². The molecule has 1 amide bonds. The molecule has 0 spiro atoms. The van der Waals surface area contributed by atoms with Gasteiger partial charge in [0.25, 0.3) is 5.91 Å². The minimum Gasteiger partial charge on any atom is -0.337 e. The number of aryl methyl sites for hydroxylation is 1. The normalized spacial score (nSPS) is 10.5. The fourth-order valence-corrected chi connectivity index (χ4v) is 3.63. The van der Waals surface area contributed by atoms with Crippen LogP contribution in [0.5, 0.6) is 0 Å².